The highest BCUT2D eigenvalue weighted by molar-refractivity contribution is 5.32. The number of alkyl halides is 3. The first kappa shape index (κ1) is 17.7. The van der Waals surface area contributed by atoms with E-state index in [1.165, 1.54) is 0 Å². The molecule has 0 spiro atoms. The molecule has 1 aromatic carbocycles. The largest absolute Gasteiger partial charge is 0.490 e. The van der Waals surface area contributed by atoms with Crippen LogP contribution in [0.3, 0.4) is 0 Å². The number of ether oxygens (including phenoxy) is 2. The minimum atomic E-state index is -4.17. The van der Waals surface area contributed by atoms with Gasteiger partial charge in [-0.1, -0.05) is 18.2 Å². The molecule has 1 aromatic rings. The van der Waals surface area contributed by atoms with Gasteiger partial charge in [-0.05, 0) is 12.5 Å². The van der Waals surface area contributed by atoms with Crippen LogP contribution in [0.25, 0.3) is 0 Å². The van der Waals surface area contributed by atoms with E-state index in [-0.39, 0.29) is 26.2 Å². The van der Waals surface area contributed by atoms with Gasteiger partial charge >= 0.3 is 6.18 Å². The summed E-state index contributed by atoms with van der Waals surface area (Å²) in [6, 6.07) is 7.16. The highest BCUT2D eigenvalue weighted by Gasteiger charge is 2.25. The average Bonchev–Trinajstić information content (AvgIpc) is 2.43. The van der Waals surface area contributed by atoms with E-state index in [2.05, 4.69) is 0 Å². The molecule has 0 amide bonds. The Morgan fingerprint density at radius 3 is 2.57 bits per heavy atom. The summed E-state index contributed by atoms with van der Waals surface area (Å²) in [5.41, 5.74) is 6.36. The number of benzene rings is 1. The lowest BCUT2D eigenvalue weighted by atomic mass is 10.2. The van der Waals surface area contributed by atoms with E-state index >= 15 is 0 Å². The van der Waals surface area contributed by atoms with Crippen LogP contribution in [-0.2, 0) is 11.3 Å². The Bertz CT molecular complexity index is 413. The number of aliphatic hydroxyl groups excluding tert-OH is 1. The number of para-hydroxylation sites is 1. The van der Waals surface area contributed by atoms with Crippen molar-refractivity contribution in [1.82, 2.24) is 0 Å². The monoisotopic (exact) mass is 307 g/mol. The van der Waals surface area contributed by atoms with Crippen LogP contribution >= 0.6 is 0 Å². The van der Waals surface area contributed by atoms with Crippen molar-refractivity contribution in [3.63, 3.8) is 0 Å². The van der Waals surface area contributed by atoms with Crippen LogP contribution < -0.4 is 10.5 Å². The summed E-state index contributed by atoms with van der Waals surface area (Å²) < 4.78 is 46.1. The van der Waals surface area contributed by atoms with Crippen molar-refractivity contribution in [2.45, 2.75) is 31.7 Å². The first-order chi connectivity index (χ1) is 9.92. The topological polar surface area (TPSA) is 64.7 Å². The van der Waals surface area contributed by atoms with Gasteiger partial charge in [0, 0.05) is 25.1 Å². The molecular weight excluding hydrogens is 287 g/mol. The molecule has 120 valence electrons. The SMILES string of the molecule is NCc1ccccc1OCC(O)COCCCC(F)(F)F. The standard InChI is InChI=1S/C14H20F3NO3/c15-14(16,17)6-3-7-20-9-12(19)10-21-13-5-2-1-4-11(13)8-18/h1-2,4-5,12,19H,3,6-10,18H2. The molecule has 0 radical (unpaired) electrons. The third-order valence-corrected chi connectivity index (χ3v) is 2.68. The molecule has 1 atom stereocenters. The molecule has 0 aliphatic carbocycles. The highest BCUT2D eigenvalue weighted by atomic mass is 19.4. The normalized spacial score (nSPS) is 13.2. The Kier molecular flexibility index (Phi) is 7.49. The molecule has 3 N–H and O–H groups in total. The zero-order valence-corrected chi connectivity index (χ0v) is 11.6. The lowest BCUT2D eigenvalue weighted by Crippen LogP contribution is -2.24. The fourth-order valence-corrected chi connectivity index (χ4v) is 1.64. The molecule has 21 heavy (non-hydrogen) atoms. The maximum absolute atomic E-state index is 11.9. The predicted molar refractivity (Wildman–Crippen MR) is 71.9 cm³/mol. The molecule has 0 saturated carbocycles. The van der Waals surface area contributed by atoms with Gasteiger partial charge in [0.25, 0.3) is 0 Å². The highest BCUT2D eigenvalue weighted by Crippen LogP contribution is 2.21. The van der Waals surface area contributed by atoms with Crippen LogP contribution in [0.2, 0.25) is 0 Å². The molecule has 0 aliphatic heterocycles. The third-order valence-electron chi connectivity index (χ3n) is 2.68. The number of halogens is 3. The van der Waals surface area contributed by atoms with Crippen LogP contribution in [0.4, 0.5) is 13.2 Å². The van der Waals surface area contributed by atoms with Crippen LogP contribution in [0, 0.1) is 0 Å². The Morgan fingerprint density at radius 2 is 1.90 bits per heavy atom. The lowest BCUT2D eigenvalue weighted by Gasteiger charge is -2.15. The van der Waals surface area contributed by atoms with Gasteiger partial charge in [-0.3, -0.25) is 0 Å². The van der Waals surface area contributed by atoms with Crippen molar-refractivity contribution in [3.8, 4) is 5.75 Å². The van der Waals surface area contributed by atoms with Gasteiger partial charge in [0.15, 0.2) is 0 Å². The van der Waals surface area contributed by atoms with Crippen LogP contribution in [0.1, 0.15) is 18.4 Å². The quantitative estimate of drug-likeness (QED) is 0.687. The Morgan fingerprint density at radius 1 is 1.19 bits per heavy atom. The van der Waals surface area contributed by atoms with Gasteiger partial charge in [-0.15, -0.1) is 0 Å². The molecule has 0 aromatic heterocycles. The zero-order chi connectivity index (χ0) is 15.7. The average molecular weight is 307 g/mol. The maximum Gasteiger partial charge on any atom is 0.389 e. The van der Waals surface area contributed by atoms with E-state index in [0.717, 1.165) is 5.56 Å². The summed E-state index contributed by atoms with van der Waals surface area (Å²) in [5.74, 6) is 0.580. The van der Waals surface area contributed by atoms with Gasteiger partial charge in [-0.25, -0.2) is 0 Å². The molecule has 1 rings (SSSR count). The van der Waals surface area contributed by atoms with Crippen molar-refractivity contribution < 1.29 is 27.8 Å². The van der Waals surface area contributed by atoms with E-state index in [9.17, 15) is 18.3 Å². The van der Waals surface area contributed by atoms with Crippen molar-refractivity contribution >= 4 is 0 Å². The smallest absolute Gasteiger partial charge is 0.389 e. The van der Waals surface area contributed by atoms with E-state index in [1.807, 2.05) is 12.1 Å². The number of hydrogen-bond acceptors (Lipinski definition) is 4. The number of rotatable bonds is 9. The second kappa shape index (κ2) is 8.86. The lowest BCUT2D eigenvalue weighted by molar-refractivity contribution is -0.138. The van der Waals surface area contributed by atoms with Crippen LogP contribution in [-0.4, -0.2) is 37.2 Å². The van der Waals surface area contributed by atoms with Crippen LogP contribution in [0.5, 0.6) is 5.75 Å². The van der Waals surface area contributed by atoms with Crippen molar-refractivity contribution in [3.05, 3.63) is 29.8 Å². The van der Waals surface area contributed by atoms with Gasteiger partial charge in [-0.2, -0.15) is 13.2 Å². The molecule has 0 aliphatic rings. The molecule has 7 heteroatoms. The van der Waals surface area contributed by atoms with Crippen molar-refractivity contribution in [2.24, 2.45) is 5.73 Å². The fourth-order valence-electron chi connectivity index (χ4n) is 1.64. The first-order valence-corrected chi connectivity index (χ1v) is 6.65. The summed E-state index contributed by atoms with van der Waals surface area (Å²) in [6.45, 7) is 0.203. The molecule has 0 saturated heterocycles. The van der Waals surface area contributed by atoms with Gasteiger partial charge in [0.2, 0.25) is 0 Å². The van der Waals surface area contributed by atoms with Gasteiger partial charge in [0.05, 0.1) is 6.61 Å². The Balaban J connectivity index is 2.18. The van der Waals surface area contributed by atoms with E-state index < -0.39 is 18.7 Å². The Labute approximate surface area is 121 Å². The molecule has 0 heterocycles. The second-order valence-corrected chi connectivity index (χ2v) is 4.57. The van der Waals surface area contributed by atoms with Gasteiger partial charge in [0.1, 0.15) is 18.5 Å². The summed E-state index contributed by atoms with van der Waals surface area (Å²) in [4.78, 5) is 0. The summed E-state index contributed by atoms with van der Waals surface area (Å²) in [7, 11) is 0. The third kappa shape index (κ3) is 7.89. The molecule has 4 nitrogen and oxygen atoms in total. The summed E-state index contributed by atoms with van der Waals surface area (Å²) in [5, 5.41) is 9.63. The first-order valence-electron chi connectivity index (χ1n) is 6.65. The fraction of sp³-hybridized carbons (Fsp3) is 0.571. The van der Waals surface area contributed by atoms with Gasteiger partial charge < -0.3 is 20.3 Å². The number of hydrogen-bond donors (Lipinski definition) is 2. The zero-order valence-electron chi connectivity index (χ0n) is 11.6. The van der Waals surface area contributed by atoms with Crippen molar-refractivity contribution in [1.29, 1.82) is 0 Å². The van der Waals surface area contributed by atoms with Crippen LogP contribution in [0.15, 0.2) is 24.3 Å². The summed E-state index contributed by atoms with van der Waals surface area (Å²) >= 11 is 0. The minimum Gasteiger partial charge on any atom is -0.490 e. The molecular formula is C14H20F3NO3. The molecule has 0 fully saturated rings. The van der Waals surface area contributed by atoms with Crippen molar-refractivity contribution in [2.75, 3.05) is 19.8 Å². The molecule has 1 unspecified atom stereocenters. The maximum atomic E-state index is 11.9. The predicted octanol–water partition coefficient (Wildman–Crippen LogP) is 2.24. The van der Waals surface area contributed by atoms with E-state index in [0.29, 0.717) is 12.3 Å². The number of aliphatic hydroxyl groups is 1. The Hall–Kier alpha value is -1.31. The minimum absolute atomic E-state index is 0.00369. The van der Waals surface area contributed by atoms with E-state index in [4.69, 9.17) is 15.2 Å². The summed E-state index contributed by atoms with van der Waals surface area (Å²) in [6.07, 6.45) is -6.07. The number of nitrogens with two attached hydrogens (primary N) is 1. The molecule has 0 bridgehead atoms. The second-order valence-electron chi connectivity index (χ2n) is 4.57. The van der Waals surface area contributed by atoms with E-state index in [1.54, 1.807) is 12.1 Å².